The van der Waals surface area contributed by atoms with E-state index < -0.39 is 87.2 Å². The molecule has 12 nitrogen and oxygen atoms in total. The Bertz CT molecular complexity index is 2280. The lowest BCUT2D eigenvalue weighted by molar-refractivity contribution is -0.142. The van der Waals surface area contributed by atoms with Crippen molar-refractivity contribution in [2.75, 3.05) is 12.0 Å². The number of carbonyl (C=O) groups is 5. The molecule has 0 bridgehead atoms. The van der Waals surface area contributed by atoms with Crippen molar-refractivity contribution in [3.8, 4) is 11.5 Å². The van der Waals surface area contributed by atoms with E-state index in [9.17, 15) is 42.6 Å². The van der Waals surface area contributed by atoms with E-state index in [1.807, 2.05) is 6.08 Å². The van der Waals surface area contributed by atoms with Gasteiger partial charge in [0.25, 0.3) is 11.8 Å². The third-order valence-corrected chi connectivity index (χ3v) is 12.1. The molecule has 8 rings (SSSR count). The maximum atomic E-state index is 15.3. The van der Waals surface area contributed by atoms with E-state index in [2.05, 4.69) is 10.4 Å². The SMILES string of the molecule is O=C(O)CCCN1C(=O)[C@H]2[C@H](CC=C3[C@H](C4=COc5ccc(O)cc5C4)[C@]4(c5ccc(Cl)cc5)C(=O)N(Nc5ncc(C(F)(F)F)cc5Cl)C(=O)[C@@H]4C[C@H]32)C1=O. The molecule has 17 heteroatoms. The number of phenols is 1. The number of carbonyl (C=O) groups excluding carboxylic acids is 4. The summed E-state index contributed by atoms with van der Waals surface area (Å²) in [6.45, 7) is -0.101. The molecule has 56 heavy (non-hydrogen) atoms. The molecular formula is C39H31Cl2F3N4O8. The highest BCUT2D eigenvalue weighted by atomic mass is 35.5. The topological polar surface area (TPSA) is 166 Å². The number of hydrogen-bond donors (Lipinski definition) is 3. The Balaban J connectivity index is 1.28. The number of phenolic OH excluding ortho intramolecular Hbond substituents is 1. The summed E-state index contributed by atoms with van der Waals surface area (Å²) in [5, 5.41) is 20.1. The van der Waals surface area contributed by atoms with Crippen LogP contribution in [0.4, 0.5) is 19.0 Å². The molecule has 4 heterocycles. The number of hydrogen-bond acceptors (Lipinski definition) is 9. The number of aromatic nitrogens is 1. The van der Waals surface area contributed by atoms with Crippen LogP contribution < -0.4 is 10.2 Å². The summed E-state index contributed by atoms with van der Waals surface area (Å²) >= 11 is 12.6. The predicted octanol–water partition coefficient (Wildman–Crippen LogP) is 6.31. The van der Waals surface area contributed by atoms with Gasteiger partial charge < -0.3 is 14.9 Å². The number of benzene rings is 2. The number of carboxylic acid groups (broad SMARTS) is 1. The van der Waals surface area contributed by atoms with Crippen LogP contribution in [0.5, 0.6) is 11.5 Å². The van der Waals surface area contributed by atoms with Crippen LogP contribution in [-0.2, 0) is 42.0 Å². The van der Waals surface area contributed by atoms with Crippen molar-refractivity contribution >= 4 is 58.6 Å². The molecule has 3 N–H and O–H groups in total. The molecule has 5 aliphatic rings. The number of fused-ring (bicyclic) bond motifs is 5. The fourth-order valence-corrected chi connectivity index (χ4v) is 9.61. The van der Waals surface area contributed by atoms with Gasteiger partial charge in [0.05, 0.1) is 40.0 Å². The lowest BCUT2D eigenvalue weighted by atomic mass is 9.48. The number of nitrogens with zero attached hydrogens (tertiary/aromatic N) is 3. The van der Waals surface area contributed by atoms with Crippen molar-refractivity contribution in [1.82, 2.24) is 14.9 Å². The molecule has 6 atom stereocenters. The molecule has 1 saturated carbocycles. The summed E-state index contributed by atoms with van der Waals surface area (Å²) in [7, 11) is 0. The fourth-order valence-electron chi connectivity index (χ4n) is 9.27. The van der Waals surface area contributed by atoms with Gasteiger partial charge in [-0.3, -0.25) is 34.3 Å². The minimum Gasteiger partial charge on any atom is -0.508 e. The molecule has 3 fully saturated rings. The molecule has 2 aliphatic carbocycles. The van der Waals surface area contributed by atoms with Crippen molar-refractivity contribution in [3.05, 3.63) is 105 Å². The number of ether oxygens (including phenoxy) is 1. The number of aliphatic carboxylic acids is 1. The molecule has 2 saturated heterocycles. The smallest absolute Gasteiger partial charge is 0.417 e. The monoisotopic (exact) mass is 810 g/mol. The molecule has 0 radical (unpaired) electrons. The summed E-state index contributed by atoms with van der Waals surface area (Å²) < 4.78 is 46.5. The van der Waals surface area contributed by atoms with Gasteiger partial charge in [0.1, 0.15) is 11.5 Å². The zero-order chi connectivity index (χ0) is 39.8. The summed E-state index contributed by atoms with van der Waals surface area (Å²) in [5.41, 5.74) is 1.76. The van der Waals surface area contributed by atoms with Gasteiger partial charge in [-0.15, -0.1) is 0 Å². The zero-order valence-corrected chi connectivity index (χ0v) is 30.6. The highest BCUT2D eigenvalue weighted by Crippen LogP contribution is 2.63. The van der Waals surface area contributed by atoms with Crippen LogP contribution in [0.15, 0.2) is 78.2 Å². The Kier molecular flexibility index (Phi) is 9.15. The van der Waals surface area contributed by atoms with Crippen molar-refractivity contribution in [2.24, 2.45) is 29.6 Å². The van der Waals surface area contributed by atoms with Crippen LogP contribution in [-0.4, -0.2) is 61.2 Å². The number of hydrazine groups is 1. The Morgan fingerprint density at radius 2 is 1.77 bits per heavy atom. The second-order valence-electron chi connectivity index (χ2n) is 14.5. The van der Waals surface area contributed by atoms with Gasteiger partial charge in [0.15, 0.2) is 5.82 Å². The number of amides is 4. The first-order chi connectivity index (χ1) is 26.6. The zero-order valence-electron chi connectivity index (χ0n) is 29.1. The van der Waals surface area contributed by atoms with Crippen LogP contribution >= 0.6 is 23.2 Å². The number of rotatable bonds is 8. The van der Waals surface area contributed by atoms with Gasteiger partial charge in [-0.1, -0.05) is 47.0 Å². The summed E-state index contributed by atoms with van der Waals surface area (Å²) in [5.74, 6) is -8.27. The fraction of sp³-hybridized carbons (Fsp3) is 0.333. The lowest BCUT2D eigenvalue weighted by Crippen LogP contribution is -2.55. The standard InChI is InChI=1S/C39H31Cl2F3N4O8/c40-22-5-3-20(4-6-22)38-27(35(53)48(37(38)55)46-33-28(41)14-21(16-45-33)39(42,43)44)15-26-24(32(38)19-12-18-13-23(49)7-10-29(18)56-17-19)8-9-25-31(26)36(54)47(34(25)52)11-1-2-30(50)51/h3-8,10,13-14,16-17,25-27,31-32,49H,1-2,9,11-12,15H2,(H,45,46)(H,50,51)/t25-,26+,27-,31-,32-,38+/m0/s1. The molecule has 0 unspecified atom stereocenters. The predicted molar refractivity (Wildman–Crippen MR) is 192 cm³/mol. The van der Waals surface area contributed by atoms with Crippen molar-refractivity contribution in [3.63, 3.8) is 0 Å². The molecule has 1 aromatic heterocycles. The van der Waals surface area contributed by atoms with Gasteiger partial charge in [-0.25, -0.2) is 4.98 Å². The first-order valence-corrected chi connectivity index (χ1v) is 18.4. The summed E-state index contributed by atoms with van der Waals surface area (Å²) in [6.07, 6.45) is -0.968. The van der Waals surface area contributed by atoms with Crippen molar-refractivity contribution in [1.29, 1.82) is 0 Å². The number of likely N-dealkylation sites (tertiary alicyclic amines) is 1. The summed E-state index contributed by atoms with van der Waals surface area (Å²) in [4.78, 5) is 74.2. The summed E-state index contributed by atoms with van der Waals surface area (Å²) in [6, 6.07) is 11.5. The van der Waals surface area contributed by atoms with E-state index >= 15 is 4.79 Å². The van der Waals surface area contributed by atoms with Crippen molar-refractivity contribution in [2.45, 2.75) is 43.7 Å². The van der Waals surface area contributed by atoms with Gasteiger partial charge in [-0.2, -0.15) is 18.2 Å². The average molecular weight is 812 g/mol. The van der Waals surface area contributed by atoms with Crippen LogP contribution in [0.1, 0.15) is 42.4 Å². The maximum Gasteiger partial charge on any atom is 0.417 e. The second-order valence-corrected chi connectivity index (χ2v) is 15.4. The molecule has 0 spiro atoms. The number of anilines is 1. The highest BCUT2D eigenvalue weighted by Gasteiger charge is 2.70. The third-order valence-electron chi connectivity index (χ3n) is 11.6. The Labute approximate surface area is 326 Å². The molecule has 4 amide bonds. The van der Waals surface area contributed by atoms with Crippen LogP contribution in [0.2, 0.25) is 10.0 Å². The maximum absolute atomic E-state index is 15.3. The second kappa shape index (κ2) is 13.7. The van der Waals surface area contributed by atoms with E-state index in [0.29, 0.717) is 50.3 Å². The molecule has 3 aliphatic heterocycles. The van der Waals surface area contributed by atoms with Crippen LogP contribution in [0, 0.1) is 29.6 Å². The first-order valence-electron chi connectivity index (χ1n) is 17.7. The van der Waals surface area contributed by atoms with Gasteiger partial charge in [-0.05, 0) is 72.7 Å². The van der Waals surface area contributed by atoms with E-state index in [-0.39, 0.29) is 44.4 Å². The van der Waals surface area contributed by atoms with Gasteiger partial charge >= 0.3 is 12.1 Å². The first kappa shape index (κ1) is 37.5. The number of alkyl halides is 3. The number of imide groups is 2. The normalized spacial score (nSPS) is 26.8. The Morgan fingerprint density at radius 1 is 1.02 bits per heavy atom. The molecule has 3 aromatic rings. The number of halogens is 5. The van der Waals surface area contributed by atoms with Crippen LogP contribution in [0.25, 0.3) is 0 Å². The van der Waals surface area contributed by atoms with E-state index in [4.69, 9.17) is 27.9 Å². The highest BCUT2D eigenvalue weighted by molar-refractivity contribution is 6.33. The minimum absolute atomic E-state index is 0.0402. The number of allylic oxidation sites excluding steroid dienone is 3. The average Bonchev–Trinajstić information content (AvgIpc) is 3.52. The number of pyridine rings is 1. The number of aromatic hydroxyl groups is 1. The number of nitrogens with one attached hydrogen (secondary N) is 1. The van der Waals surface area contributed by atoms with Crippen molar-refractivity contribution < 1.29 is 52.1 Å². The molecular weight excluding hydrogens is 780 g/mol. The van der Waals surface area contributed by atoms with E-state index in [1.165, 1.54) is 18.4 Å². The third kappa shape index (κ3) is 5.90. The minimum atomic E-state index is -4.77. The quantitative estimate of drug-likeness (QED) is 0.173. The van der Waals surface area contributed by atoms with E-state index in [0.717, 1.165) is 4.90 Å². The molecule has 290 valence electrons. The van der Waals surface area contributed by atoms with E-state index in [1.54, 1.807) is 30.3 Å². The van der Waals surface area contributed by atoms with Gasteiger partial charge in [0, 0.05) is 42.1 Å². The van der Waals surface area contributed by atoms with Gasteiger partial charge in [0.2, 0.25) is 11.8 Å². The Morgan fingerprint density at radius 3 is 2.46 bits per heavy atom. The largest absolute Gasteiger partial charge is 0.508 e. The number of carboxylic acids is 1. The Hall–Kier alpha value is -5.41. The molecule has 2 aromatic carbocycles. The lowest BCUT2D eigenvalue weighted by Gasteiger charge is -2.51. The van der Waals surface area contributed by atoms with Crippen LogP contribution in [0.3, 0.4) is 0 Å².